The Morgan fingerprint density at radius 3 is 1.41 bits per heavy atom. The molecule has 2 aromatic carbocycles. The molecule has 0 spiro atoms. The molecule has 3 aliphatic carbocycles. The molecule has 26 nitrogen and oxygen atoms in total. The number of methoxy groups -OCH3 is 2. The molecule has 26 heteroatoms. The fourth-order valence-corrected chi connectivity index (χ4v) is 12.4. The van der Waals surface area contributed by atoms with Gasteiger partial charge in [-0.2, -0.15) is 0 Å². The Hall–Kier alpha value is -5.56. The van der Waals surface area contributed by atoms with Crippen LogP contribution in [0.5, 0.6) is 11.5 Å². The van der Waals surface area contributed by atoms with Crippen LogP contribution in [0.1, 0.15) is 42.2 Å². The zero-order valence-corrected chi connectivity index (χ0v) is 42.0. The van der Waals surface area contributed by atoms with Crippen LogP contribution in [0.4, 0.5) is 0 Å². The van der Waals surface area contributed by atoms with E-state index in [9.17, 15) is 80.5 Å². The summed E-state index contributed by atoms with van der Waals surface area (Å²) < 4.78 is 57.2. The maximum Gasteiger partial charge on any atom is 0.337 e. The van der Waals surface area contributed by atoms with Crippen LogP contribution in [0.25, 0.3) is 0 Å². The van der Waals surface area contributed by atoms with Gasteiger partial charge in [-0.15, -0.1) is 0 Å². The van der Waals surface area contributed by atoms with Gasteiger partial charge in [-0.1, -0.05) is 24.3 Å². The number of carbonyl (C=O) groups excluding carboxylic acids is 4. The third kappa shape index (κ3) is 10.8. The van der Waals surface area contributed by atoms with Gasteiger partial charge in [0.1, 0.15) is 66.4 Å². The van der Waals surface area contributed by atoms with Crippen LogP contribution < -0.4 is 0 Å². The Bertz CT molecular complexity index is 2470. The van der Waals surface area contributed by atoms with Crippen molar-refractivity contribution in [1.29, 1.82) is 0 Å². The SMILES string of the molecule is COC(=O)C1=COC(OC2OC(CO)C(O)C(O)C2O)C2C1CC(O)C2COC(=O)C1C(c2ccc(O)cc2)C(OC(=O)CC2C(O)CC3C(C(=O)OC)=COC(OC4OC(CO)C(O)C(O)C4O)C32)C1c1ccc(O)cc1. The van der Waals surface area contributed by atoms with Gasteiger partial charge in [0.25, 0.3) is 0 Å². The average Bonchev–Trinajstić information content (AvgIpc) is 3.96. The van der Waals surface area contributed by atoms with Gasteiger partial charge in [0, 0.05) is 47.3 Å². The number of aromatic hydroxyl groups is 2. The largest absolute Gasteiger partial charge is 0.508 e. The molecule has 4 aliphatic heterocycles. The summed E-state index contributed by atoms with van der Waals surface area (Å²) in [7, 11) is 2.27. The summed E-state index contributed by atoms with van der Waals surface area (Å²) >= 11 is 0. The van der Waals surface area contributed by atoms with Gasteiger partial charge in [-0.05, 0) is 48.2 Å². The Balaban J connectivity index is 0.982. The molecule has 5 fully saturated rings. The molecule has 9 rings (SSSR count). The molecule has 428 valence electrons. The number of phenols is 2. The molecule has 22 unspecified atom stereocenters. The van der Waals surface area contributed by atoms with E-state index in [1.54, 1.807) is 0 Å². The summed E-state index contributed by atoms with van der Waals surface area (Å²) in [5.41, 5.74) is 0.779. The van der Waals surface area contributed by atoms with E-state index in [4.69, 9.17) is 47.4 Å². The van der Waals surface area contributed by atoms with Gasteiger partial charge in [-0.3, -0.25) is 9.59 Å². The number of hydrogen-bond acceptors (Lipinski definition) is 26. The molecule has 12 N–H and O–H groups in total. The Morgan fingerprint density at radius 1 is 0.564 bits per heavy atom. The molecule has 2 saturated heterocycles. The summed E-state index contributed by atoms with van der Waals surface area (Å²) in [4.78, 5) is 55.4. The smallest absolute Gasteiger partial charge is 0.337 e. The quantitative estimate of drug-likeness (QED) is 0.0594. The van der Waals surface area contributed by atoms with Crippen LogP contribution >= 0.6 is 0 Å². The number of carbonyl (C=O) groups is 4. The molecule has 0 bridgehead atoms. The first-order valence-corrected chi connectivity index (χ1v) is 25.4. The van der Waals surface area contributed by atoms with Crippen molar-refractivity contribution >= 4 is 23.9 Å². The number of phenolic OH excluding ortho intramolecular Hbond substituents is 2. The number of rotatable bonds is 16. The predicted octanol–water partition coefficient (Wildman–Crippen LogP) is -2.87. The second-order valence-corrected chi connectivity index (χ2v) is 20.7. The fraction of sp³-hybridized carbons (Fsp3) is 0.615. The lowest BCUT2D eigenvalue weighted by molar-refractivity contribution is -0.343. The first-order valence-electron chi connectivity index (χ1n) is 25.4. The highest BCUT2D eigenvalue weighted by Gasteiger charge is 2.61. The number of aliphatic hydroxyl groups is 10. The zero-order valence-electron chi connectivity index (χ0n) is 42.0. The first kappa shape index (κ1) is 57.1. The number of ether oxygens (including phenoxy) is 10. The van der Waals surface area contributed by atoms with E-state index >= 15 is 0 Å². The van der Waals surface area contributed by atoms with Crippen molar-refractivity contribution in [2.24, 2.45) is 41.4 Å². The lowest BCUT2D eigenvalue weighted by atomic mass is 9.57. The highest BCUT2D eigenvalue weighted by molar-refractivity contribution is 5.89. The van der Waals surface area contributed by atoms with E-state index in [1.807, 2.05) is 0 Å². The Morgan fingerprint density at radius 2 is 0.987 bits per heavy atom. The normalized spacial score (nSPS) is 40.8. The number of benzene rings is 2. The zero-order chi connectivity index (χ0) is 56.0. The van der Waals surface area contributed by atoms with E-state index in [-0.39, 0.29) is 35.5 Å². The highest BCUT2D eigenvalue weighted by atomic mass is 16.8. The van der Waals surface area contributed by atoms with Crippen LogP contribution in [0.15, 0.2) is 72.2 Å². The second-order valence-electron chi connectivity index (χ2n) is 20.7. The number of aliphatic hydroxyl groups excluding tert-OH is 10. The topological polar surface area (TPSA) is 403 Å². The minimum absolute atomic E-state index is 0.00124. The van der Waals surface area contributed by atoms with Gasteiger partial charge in [-0.25, -0.2) is 9.59 Å². The van der Waals surface area contributed by atoms with Crippen LogP contribution in [-0.4, -0.2) is 211 Å². The van der Waals surface area contributed by atoms with E-state index in [1.165, 1.54) is 48.5 Å². The number of fused-ring (bicyclic) bond motifs is 2. The van der Waals surface area contributed by atoms with Crippen molar-refractivity contribution < 1.29 is 128 Å². The van der Waals surface area contributed by atoms with Gasteiger partial charge in [0.15, 0.2) is 12.6 Å². The molecule has 78 heavy (non-hydrogen) atoms. The van der Waals surface area contributed by atoms with Crippen molar-refractivity contribution in [3.8, 4) is 11.5 Å². The third-order valence-corrected chi connectivity index (χ3v) is 16.5. The Labute approximate surface area is 444 Å². The second kappa shape index (κ2) is 23.6. The Kier molecular flexibility index (Phi) is 17.3. The van der Waals surface area contributed by atoms with E-state index in [2.05, 4.69) is 0 Å². The van der Waals surface area contributed by atoms with Crippen LogP contribution in [0.3, 0.4) is 0 Å². The molecule has 0 aromatic heterocycles. The summed E-state index contributed by atoms with van der Waals surface area (Å²) in [5, 5.41) is 127. The molecular formula is C52H64O26. The number of hydrogen-bond donors (Lipinski definition) is 12. The molecule has 0 radical (unpaired) electrons. The predicted molar refractivity (Wildman–Crippen MR) is 252 cm³/mol. The first-order chi connectivity index (χ1) is 37.3. The van der Waals surface area contributed by atoms with Gasteiger partial charge < -0.3 is 109 Å². The molecule has 2 aromatic rings. The third-order valence-electron chi connectivity index (χ3n) is 16.5. The average molecular weight is 1110 g/mol. The standard InChI is InChI=1S/C52H64O26/c1-69-46(66)26-16-72-49(77-51-43(64)41(62)39(60)31(14-53)74-51)36-23(26)11-29(57)25(36)13-33(59)76-45-34(19-3-7-21(55)8-4-19)38(35(45)20-5-9-22(56)10-6-20)48(68)71-18-28-30(58)12-24-27(47(67)70-2)17-73-50(37(24)28)78-52-44(65)42(63)40(61)32(15-54)75-52/h3-10,16-17,23-25,28-32,34-45,49-58,60-65H,11-15,18H2,1-2H3. The summed E-state index contributed by atoms with van der Waals surface area (Å²) in [6.45, 7) is -2.09. The summed E-state index contributed by atoms with van der Waals surface area (Å²) in [5.74, 6) is -12.9. The minimum Gasteiger partial charge on any atom is -0.508 e. The van der Waals surface area contributed by atoms with E-state index < -0.39 is 196 Å². The maximum atomic E-state index is 14.9. The van der Waals surface area contributed by atoms with Crippen molar-refractivity contribution in [3.05, 3.63) is 83.3 Å². The van der Waals surface area contributed by atoms with Crippen molar-refractivity contribution in [2.75, 3.05) is 34.0 Å². The minimum atomic E-state index is -1.87. The molecule has 4 heterocycles. The van der Waals surface area contributed by atoms with Crippen molar-refractivity contribution in [1.82, 2.24) is 0 Å². The maximum absolute atomic E-state index is 14.9. The summed E-state index contributed by atoms with van der Waals surface area (Å²) in [6.07, 6.45) is -22.4. The fourth-order valence-electron chi connectivity index (χ4n) is 12.4. The molecular weight excluding hydrogens is 1040 g/mol. The lowest BCUT2D eigenvalue weighted by Gasteiger charge is -2.50. The molecule has 3 saturated carbocycles. The van der Waals surface area contributed by atoms with E-state index in [0.717, 1.165) is 26.7 Å². The van der Waals surface area contributed by atoms with Crippen molar-refractivity contribution in [3.63, 3.8) is 0 Å². The van der Waals surface area contributed by atoms with Gasteiger partial charge >= 0.3 is 23.9 Å². The van der Waals surface area contributed by atoms with Crippen LogP contribution in [0, 0.1) is 41.4 Å². The monoisotopic (exact) mass is 1100 g/mol. The van der Waals surface area contributed by atoms with Gasteiger partial charge in [0.05, 0.1) is 82.3 Å². The molecule has 0 amide bonds. The molecule has 22 atom stereocenters. The van der Waals surface area contributed by atoms with E-state index in [0.29, 0.717) is 11.1 Å². The lowest BCUT2D eigenvalue weighted by Crippen LogP contribution is -2.60. The van der Waals surface area contributed by atoms with Crippen LogP contribution in [-0.2, 0) is 66.5 Å². The highest BCUT2D eigenvalue weighted by Crippen LogP contribution is 2.57. The number of esters is 4. The van der Waals surface area contributed by atoms with Crippen LogP contribution in [0.2, 0.25) is 0 Å². The molecule has 7 aliphatic rings. The summed E-state index contributed by atoms with van der Waals surface area (Å²) in [6, 6.07) is 11.4. The van der Waals surface area contributed by atoms with Crippen molar-refractivity contribution in [2.45, 2.75) is 123 Å². The van der Waals surface area contributed by atoms with Gasteiger partial charge in [0.2, 0.25) is 12.6 Å².